The number of hydrogen-bond acceptors (Lipinski definition) is 2. The van der Waals surface area contributed by atoms with Crippen molar-refractivity contribution >= 4 is 21.8 Å². The molecule has 1 heterocycles. The second-order valence-corrected chi connectivity index (χ2v) is 6.74. The van der Waals surface area contributed by atoms with Crippen LogP contribution < -0.4 is 5.32 Å². The lowest BCUT2D eigenvalue weighted by Crippen LogP contribution is -2.43. The van der Waals surface area contributed by atoms with E-state index in [9.17, 15) is 4.79 Å². The predicted molar refractivity (Wildman–Crippen MR) is 85.9 cm³/mol. The van der Waals surface area contributed by atoms with Gasteiger partial charge in [0.2, 0.25) is 0 Å². The van der Waals surface area contributed by atoms with Gasteiger partial charge in [0.25, 0.3) is 5.91 Å². The second kappa shape index (κ2) is 7.23. The van der Waals surface area contributed by atoms with Gasteiger partial charge >= 0.3 is 0 Å². The first-order chi connectivity index (χ1) is 9.56. The SMILES string of the molecule is CC(C)NCC1CCCN(C(=O)c2ccc(Br)cc2)C1. The van der Waals surface area contributed by atoms with Gasteiger partial charge in [0, 0.05) is 29.2 Å². The molecule has 1 aliphatic heterocycles. The molecule has 0 radical (unpaired) electrons. The highest BCUT2D eigenvalue weighted by Crippen LogP contribution is 2.19. The summed E-state index contributed by atoms with van der Waals surface area (Å²) in [6, 6.07) is 8.14. The van der Waals surface area contributed by atoms with Crippen LogP contribution in [0.25, 0.3) is 0 Å². The second-order valence-electron chi connectivity index (χ2n) is 5.83. The van der Waals surface area contributed by atoms with Gasteiger partial charge in [0.15, 0.2) is 0 Å². The van der Waals surface area contributed by atoms with Crippen molar-refractivity contribution in [3.63, 3.8) is 0 Å². The Hall–Kier alpha value is -0.870. The van der Waals surface area contributed by atoms with E-state index in [2.05, 4.69) is 35.1 Å². The molecule has 1 aromatic carbocycles. The van der Waals surface area contributed by atoms with Crippen LogP contribution in [-0.2, 0) is 0 Å². The number of piperidine rings is 1. The third-order valence-corrected chi connectivity index (χ3v) is 4.24. The van der Waals surface area contributed by atoms with Gasteiger partial charge in [-0.3, -0.25) is 4.79 Å². The van der Waals surface area contributed by atoms with Crippen molar-refractivity contribution in [2.24, 2.45) is 5.92 Å². The summed E-state index contributed by atoms with van der Waals surface area (Å²) in [5.74, 6) is 0.734. The Morgan fingerprint density at radius 3 is 2.75 bits per heavy atom. The van der Waals surface area contributed by atoms with Crippen LogP contribution in [0.2, 0.25) is 0 Å². The van der Waals surface area contributed by atoms with Gasteiger partial charge in [-0.1, -0.05) is 29.8 Å². The summed E-state index contributed by atoms with van der Waals surface area (Å²) in [5.41, 5.74) is 0.783. The van der Waals surface area contributed by atoms with Crippen LogP contribution in [0.5, 0.6) is 0 Å². The molecule has 1 fully saturated rings. The number of nitrogens with zero attached hydrogens (tertiary/aromatic N) is 1. The lowest BCUT2D eigenvalue weighted by atomic mass is 9.97. The number of likely N-dealkylation sites (tertiary alicyclic amines) is 1. The van der Waals surface area contributed by atoms with Crippen molar-refractivity contribution in [2.75, 3.05) is 19.6 Å². The Labute approximate surface area is 129 Å². The molecule has 1 unspecified atom stereocenters. The smallest absolute Gasteiger partial charge is 0.253 e. The lowest BCUT2D eigenvalue weighted by molar-refractivity contribution is 0.0672. The number of hydrogen-bond donors (Lipinski definition) is 1. The van der Waals surface area contributed by atoms with Crippen LogP contribution in [0.3, 0.4) is 0 Å². The highest BCUT2D eigenvalue weighted by molar-refractivity contribution is 9.10. The summed E-state index contributed by atoms with van der Waals surface area (Å²) in [4.78, 5) is 14.5. The summed E-state index contributed by atoms with van der Waals surface area (Å²) >= 11 is 3.40. The largest absolute Gasteiger partial charge is 0.338 e. The van der Waals surface area contributed by atoms with Gasteiger partial charge in [-0.2, -0.15) is 0 Å². The first kappa shape index (κ1) is 15.5. The molecule has 0 bridgehead atoms. The Morgan fingerprint density at radius 1 is 1.40 bits per heavy atom. The molecule has 1 aliphatic rings. The number of rotatable bonds is 4. The van der Waals surface area contributed by atoms with Crippen molar-refractivity contribution in [1.82, 2.24) is 10.2 Å². The minimum Gasteiger partial charge on any atom is -0.338 e. The van der Waals surface area contributed by atoms with E-state index in [1.54, 1.807) is 0 Å². The zero-order valence-electron chi connectivity index (χ0n) is 12.2. The zero-order valence-corrected chi connectivity index (χ0v) is 13.8. The van der Waals surface area contributed by atoms with Crippen LogP contribution in [0.15, 0.2) is 28.7 Å². The molecule has 1 saturated heterocycles. The van der Waals surface area contributed by atoms with Crippen LogP contribution in [0, 0.1) is 5.92 Å². The molecule has 1 atom stereocenters. The summed E-state index contributed by atoms with van der Waals surface area (Å²) in [5, 5.41) is 3.48. The van der Waals surface area contributed by atoms with Gasteiger partial charge < -0.3 is 10.2 Å². The van der Waals surface area contributed by atoms with E-state index in [0.29, 0.717) is 12.0 Å². The average Bonchev–Trinajstić information content (AvgIpc) is 2.45. The van der Waals surface area contributed by atoms with Crippen molar-refractivity contribution in [1.29, 1.82) is 0 Å². The van der Waals surface area contributed by atoms with Crippen LogP contribution >= 0.6 is 15.9 Å². The summed E-state index contributed by atoms with van der Waals surface area (Å²) < 4.78 is 1.01. The van der Waals surface area contributed by atoms with Gasteiger partial charge in [-0.15, -0.1) is 0 Å². The Kier molecular flexibility index (Phi) is 5.61. The summed E-state index contributed by atoms with van der Waals surface area (Å²) in [6.45, 7) is 7.07. The van der Waals surface area contributed by atoms with E-state index in [-0.39, 0.29) is 5.91 Å². The van der Waals surface area contributed by atoms with Crippen LogP contribution in [0.4, 0.5) is 0 Å². The Bertz CT molecular complexity index is 444. The first-order valence-corrected chi connectivity index (χ1v) is 8.14. The maximum absolute atomic E-state index is 12.5. The highest BCUT2D eigenvalue weighted by atomic mass is 79.9. The molecule has 0 aliphatic carbocycles. The van der Waals surface area contributed by atoms with E-state index in [0.717, 1.165) is 36.1 Å². The lowest BCUT2D eigenvalue weighted by Gasteiger charge is -2.33. The van der Waals surface area contributed by atoms with Crippen molar-refractivity contribution in [3.05, 3.63) is 34.3 Å². The Balaban J connectivity index is 1.94. The first-order valence-electron chi connectivity index (χ1n) is 7.34. The van der Waals surface area contributed by atoms with Crippen LogP contribution in [0.1, 0.15) is 37.0 Å². The number of nitrogens with one attached hydrogen (secondary N) is 1. The molecule has 1 aromatic rings. The van der Waals surface area contributed by atoms with Crippen molar-refractivity contribution in [3.8, 4) is 0 Å². The number of halogens is 1. The minimum atomic E-state index is 0.159. The molecule has 4 heteroatoms. The van der Waals surface area contributed by atoms with Crippen molar-refractivity contribution in [2.45, 2.75) is 32.7 Å². The fourth-order valence-corrected chi connectivity index (χ4v) is 2.86. The monoisotopic (exact) mass is 338 g/mol. The maximum atomic E-state index is 12.5. The number of benzene rings is 1. The molecule has 20 heavy (non-hydrogen) atoms. The standard InChI is InChI=1S/C16H23BrN2O/c1-12(2)18-10-13-4-3-9-19(11-13)16(20)14-5-7-15(17)8-6-14/h5-8,12-13,18H,3-4,9-11H2,1-2H3. The summed E-state index contributed by atoms with van der Waals surface area (Å²) in [6.07, 6.45) is 2.32. The van der Waals surface area contributed by atoms with Gasteiger partial charge in [-0.05, 0) is 49.6 Å². The molecular formula is C16H23BrN2O. The predicted octanol–water partition coefficient (Wildman–Crippen LogP) is 3.30. The zero-order chi connectivity index (χ0) is 14.5. The number of carbonyl (C=O) groups excluding carboxylic acids is 1. The molecule has 110 valence electrons. The number of carbonyl (C=O) groups is 1. The molecule has 1 amide bonds. The normalized spacial score (nSPS) is 19.4. The third kappa shape index (κ3) is 4.32. The highest BCUT2D eigenvalue weighted by Gasteiger charge is 2.24. The van der Waals surface area contributed by atoms with Crippen LogP contribution in [-0.4, -0.2) is 36.5 Å². The van der Waals surface area contributed by atoms with E-state index >= 15 is 0 Å². The molecular weight excluding hydrogens is 316 g/mol. The molecule has 0 aromatic heterocycles. The Morgan fingerprint density at radius 2 is 2.10 bits per heavy atom. The molecule has 1 N–H and O–H groups in total. The molecule has 0 saturated carbocycles. The molecule has 3 nitrogen and oxygen atoms in total. The minimum absolute atomic E-state index is 0.159. The van der Waals surface area contributed by atoms with Gasteiger partial charge in [-0.25, -0.2) is 0 Å². The fraction of sp³-hybridized carbons (Fsp3) is 0.562. The number of amides is 1. The van der Waals surface area contributed by atoms with Crippen molar-refractivity contribution < 1.29 is 4.79 Å². The average molecular weight is 339 g/mol. The van der Waals surface area contributed by atoms with E-state index in [4.69, 9.17) is 0 Å². The topological polar surface area (TPSA) is 32.3 Å². The fourth-order valence-electron chi connectivity index (χ4n) is 2.59. The van der Waals surface area contributed by atoms with E-state index in [1.807, 2.05) is 29.2 Å². The van der Waals surface area contributed by atoms with E-state index < -0.39 is 0 Å². The molecule has 0 spiro atoms. The quantitative estimate of drug-likeness (QED) is 0.913. The maximum Gasteiger partial charge on any atom is 0.253 e. The molecule has 2 rings (SSSR count). The van der Waals surface area contributed by atoms with Gasteiger partial charge in [0.05, 0.1) is 0 Å². The van der Waals surface area contributed by atoms with E-state index in [1.165, 1.54) is 6.42 Å². The summed E-state index contributed by atoms with van der Waals surface area (Å²) in [7, 11) is 0. The third-order valence-electron chi connectivity index (χ3n) is 3.71. The van der Waals surface area contributed by atoms with Gasteiger partial charge in [0.1, 0.15) is 0 Å².